The lowest BCUT2D eigenvalue weighted by atomic mass is 10.1. The predicted octanol–water partition coefficient (Wildman–Crippen LogP) is 1.05. The molecule has 92 valence electrons. The first-order chi connectivity index (χ1) is 8.20. The van der Waals surface area contributed by atoms with Crippen LogP contribution in [0.1, 0.15) is 17.5 Å². The Morgan fingerprint density at radius 1 is 1.41 bits per heavy atom. The average Bonchev–Trinajstić information content (AvgIpc) is 2.82. The zero-order valence-electron chi connectivity index (χ0n) is 9.94. The number of esters is 1. The molecule has 1 unspecified atom stereocenters. The largest absolute Gasteiger partial charge is 0.491 e. The van der Waals surface area contributed by atoms with Gasteiger partial charge in [-0.3, -0.25) is 4.79 Å². The molecule has 0 heterocycles. The Kier molecular flexibility index (Phi) is 3.64. The van der Waals surface area contributed by atoms with Gasteiger partial charge >= 0.3 is 5.97 Å². The summed E-state index contributed by atoms with van der Waals surface area (Å²) in [6.07, 6.45) is 3.47. The first-order valence-corrected chi connectivity index (χ1v) is 5.78. The van der Waals surface area contributed by atoms with Crippen LogP contribution in [-0.2, 0) is 22.4 Å². The molecular formula is C13H17NO3. The Hall–Kier alpha value is -1.55. The van der Waals surface area contributed by atoms with Gasteiger partial charge in [-0.15, -0.1) is 0 Å². The third-order valence-corrected chi connectivity index (χ3v) is 3.00. The molecule has 0 fully saturated rings. The zero-order valence-corrected chi connectivity index (χ0v) is 9.94. The van der Waals surface area contributed by atoms with Gasteiger partial charge in [0.05, 0.1) is 7.11 Å². The van der Waals surface area contributed by atoms with Crippen molar-refractivity contribution in [1.82, 2.24) is 0 Å². The minimum absolute atomic E-state index is 0.144. The highest BCUT2D eigenvalue weighted by Crippen LogP contribution is 2.25. The number of carbonyl (C=O) groups excluding carboxylic acids is 1. The number of benzene rings is 1. The molecule has 1 aliphatic rings. The van der Waals surface area contributed by atoms with Crippen LogP contribution >= 0.6 is 0 Å². The van der Waals surface area contributed by atoms with E-state index in [0.717, 1.165) is 18.6 Å². The van der Waals surface area contributed by atoms with Gasteiger partial charge in [0.1, 0.15) is 18.4 Å². The summed E-state index contributed by atoms with van der Waals surface area (Å²) >= 11 is 0. The maximum Gasteiger partial charge on any atom is 0.326 e. The van der Waals surface area contributed by atoms with Crippen LogP contribution in [0.5, 0.6) is 5.75 Å². The Morgan fingerprint density at radius 2 is 2.18 bits per heavy atom. The number of fused-ring (bicyclic) bond motifs is 1. The van der Waals surface area contributed by atoms with Crippen molar-refractivity contribution >= 4 is 5.97 Å². The summed E-state index contributed by atoms with van der Waals surface area (Å²) in [5.41, 5.74) is 8.33. The summed E-state index contributed by atoms with van der Waals surface area (Å²) in [5.74, 6) is 0.316. The maximum absolute atomic E-state index is 11.1. The fraction of sp³-hybridized carbons (Fsp3) is 0.462. The van der Waals surface area contributed by atoms with Gasteiger partial charge in [-0.25, -0.2) is 0 Å². The number of hydrogen-bond acceptors (Lipinski definition) is 4. The summed E-state index contributed by atoms with van der Waals surface area (Å²) in [5, 5.41) is 0. The van der Waals surface area contributed by atoms with Crippen molar-refractivity contribution in [3.05, 3.63) is 29.3 Å². The van der Waals surface area contributed by atoms with Gasteiger partial charge in [0.25, 0.3) is 0 Å². The van der Waals surface area contributed by atoms with Crippen LogP contribution in [0, 0.1) is 0 Å². The standard InChI is InChI=1S/C13H17NO3/c1-16-13(15)12(14)8-17-11-6-5-9-3-2-4-10(9)7-11/h5-7,12H,2-4,8,14H2,1H3. The highest BCUT2D eigenvalue weighted by molar-refractivity contribution is 5.75. The van der Waals surface area contributed by atoms with E-state index in [1.54, 1.807) is 0 Å². The third-order valence-electron chi connectivity index (χ3n) is 3.00. The Labute approximate surface area is 101 Å². The van der Waals surface area contributed by atoms with Crippen LogP contribution in [0.2, 0.25) is 0 Å². The molecule has 0 aromatic heterocycles. The number of nitrogens with two attached hydrogens (primary N) is 1. The van der Waals surface area contributed by atoms with Crippen molar-refractivity contribution in [3.8, 4) is 5.75 Å². The lowest BCUT2D eigenvalue weighted by molar-refractivity contribution is -0.142. The number of ether oxygens (including phenoxy) is 2. The van der Waals surface area contributed by atoms with Crippen molar-refractivity contribution in [1.29, 1.82) is 0 Å². The molecule has 0 saturated heterocycles. The van der Waals surface area contributed by atoms with Gasteiger partial charge < -0.3 is 15.2 Å². The molecular weight excluding hydrogens is 218 g/mol. The summed E-state index contributed by atoms with van der Waals surface area (Å²) in [6.45, 7) is 0.144. The van der Waals surface area contributed by atoms with Crippen molar-refractivity contribution in [2.45, 2.75) is 25.3 Å². The van der Waals surface area contributed by atoms with Gasteiger partial charge in [0.15, 0.2) is 0 Å². The topological polar surface area (TPSA) is 61.5 Å². The lowest BCUT2D eigenvalue weighted by Crippen LogP contribution is -2.37. The molecule has 0 spiro atoms. The second kappa shape index (κ2) is 5.19. The van der Waals surface area contributed by atoms with E-state index in [9.17, 15) is 4.79 Å². The van der Waals surface area contributed by atoms with E-state index in [1.165, 1.54) is 24.7 Å². The molecule has 0 radical (unpaired) electrons. The van der Waals surface area contributed by atoms with Crippen LogP contribution in [-0.4, -0.2) is 25.7 Å². The van der Waals surface area contributed by atoms with Gasteiger partial charge in [0.2, 0.25) is 0 Å². The molecule has 17 heavy (non-hydrogen) atoms. The van der Waals surface area contributed by atoms with Crippen molar-refractivity contribution in [2.24, 2.45) is 5.73 Å². The highest BCUT2D eigenvalue weighted by Gasteiger charge is 2.15. The maximum atomic E-state index is 11.1. The van der Waals surface area contributed by atoms with E-state index in [1.807, 2.05) is 12.1 Å². The second-order valence-corrected chi connectivity index (χ2v) is 4.22. The van der Waals surface area contributed by atoms with Crippen molar-refractivity contribution < 1.29 is 14.3 Å². The summed E-state index contributed by atoms with van der Waals surface area (Å²) < 4.78 is 10.0. The number of aryl methyl sites for hydroxylation is 2. The molecule has 2 rings (SSSR count). The van der Waals surface area contributed by atoms with E-state index in [4.69, 9.17) is 10.5 Å². The monoisotopic (exact) mass is 235 g/mol. The molecule has 1 aliphatic carbocycles. The number of hydrogen-bond donors (Lipinski definition) is 1. The van der Waals surface area contributed by atoms with Crippen molar-refractivity contribution in [3.63, 3.8) is 0 Å². The number of carbonyl (C=O) groups is 1. The van der Waals surface area contributed by atoms with Gasteiger partial charge in [0, 0.05) is 0 Å². The van der Waals surface area contributed by atoms with Crippen LogP contribution in [0.3, 0.4) is 0 Å². The van der Waals surface area contributed by atoms with E-state index in [-0.39, 0.29) is 6.61 Å². The lowest BCUT2D eigenvalue weighted by Gasteiger charge is -2.12. The first-order valence-electron chi connectivity index (χ1n) is 5.78. The molecule has 0 amide bonds. The second-order valence-electron chi connectivity index (χ2n) is 4.22. The molecule has 4 heteroatoms. The van der Waals surface area contributed by atoms with E-state index in [2.05, 4.69) is 10.8 Å². The van der Waals surface area contributed by atoms with E-state index < -0.39 is 12.0 Å². The molecule has 4 nitrogen and oxygen atoms in total. The third kappa shape index (κ3) is 2.77. The van der Waals surface area contributed by atoms with Crippen molar-refractivity contribution in [2.75, 3.05) is 13.7 Å². The van der Waals surface area contributed by atoms with Gasteiger partial charge in [-0.1, -0.05) is 6.07 Å². The van der Waals surface area contributed by atoms with Crippen LogP contribution < -0.4 is 10.5 Å². The summed E-state index contributed by atoms with van der Waals surface area (Å²) in [4.78, 5) is 11.1. The summed E-state index contributed by atoms with van der Waals surface area (Å²) in [6, 6.07) is 5.32. The fourth-order valence-electron chi connectivity index (χ4n) is 2.04. The number of rotatable bonds is 4. The average molecular weight is 235 g/mol. The molecule has 1 atom stereocenters. The Balaban J connectivity index is 1.93. The zero-order chi connectivity index (χ0) is 12.3. The Bertz CT molecular complexity index is 417. The molecule has 1 aromatic carbocycles. The Morgan fingerprint density at radius 3 is 2.94 bits per heavy atom. The first kappa shape index (κ1) is 11.9. The molecule has 0 saturated carbocycles. The molecule has 0 bridgehead atoms. The molecule has 1 aromatic rings. The van der Waals surface area contributed by atoms with E-state index >= 15 is 0 Å². The fourth-order valence-corrected chi connectivity index (χ4v) is 2.04. The number of methoxy groups -OCH3 is 1. The quantitative estimate of drug-likeness (QED) is 0.792. The highest BCUT2D eigenvalue weighted by atomic mass is 16.5. The predicted molar refractivity (Wildman–Crippen MR) is 64.0 cm³/mol. The molecule has 0 aliphatic heterocycles. The van der Waals surface area contributed by atoms with E-state index in [0.29, 0.717) is 0 Å². The molecule has 2 N–H and O–H groups in total. The van der Waals surface area contributed by atoms with Crippen LogP contribution in [0.4, 0.5) is 0 Å². The smallest absolute Gasteiger partial charge is 0.326 e. The SMILES string of the molecule is COC(=O)C(N)COc1ccc2c(c1)CCC2. The van der Waals surface area contributed by atoms with Gasteiger partial charge in [-0.05, 0) is 42.5 Å². The van der Waals surface area contributed by atoms with Crippen LogP contribution in [0.15, 0.2) is 18.2 Å². The minimum atomic E-state index is -0.728. The van der Waals surface area contributed by atoms with Gasteiger partial charge in [-0.2, -0.15) is 0 Å². The minimum Gasteiger partial charge on any atom is -0.491 e. The summed E-state index contributed by atoms with van der Waals surface area (Å²) in [7, 11) is 1.32. The van der Waals surface area contributed by atoms with Crippen LogP contribution in [0.25, 0.3) is 0 Å². The normalized spacial score (nSPS) is 15.2.